The fourth-order valence-corrected chi connectivity index (χ4v) is 5.45. The van der Waals surface area contributed by atoms with Crippen molar-refractivity contribution in [3.8, 4) is 0 Å². The van der Waals surface area contributed by atoms with Gasteiger partial charge in [0, 0.05) is 57.5 Å². The summed E-state index contributed by atoms with van der Waals surface area (Å²) >= 11 is 0. The number of hydrogen-bond acceptors (Lipinski definition) is 5. The highest BCUT2D eigenvalue weighted by molar-refractivity contribution is 14.0. The first-order chi connectivity index (χ1) is 13.6. The second-order valence-corrected chi connectivity index (χ2v) is 9.75. The number of anilines is 1. The molecule has 0 aromatic heterocycles. The molecule has 3 rings (SSSR count). The molecule has 2 saturated heterocycles. The smallest absolute Gasteiger partial charge is 0.191 e. The molecule has 1 aromatic carbocycles. The second kappa shape index (κ2) is 11.9. The molecular formula is C20H34IN5O2S. The molecule has 0 spiro atoms. The lowest BCUT2D eigenvalue weighted by Crippen LogP contribution is -2.46. The van der Waals surface area contributed by atoms with Crippen molar-refractivity contribution in [3.05, 3.63) is 30.3 Å². The normalized spacial score (nSPS) is 22.2. The minimum absolute atomic E-state index is 0. The molecule has 2 heterocycles. The van der Waals surface area contributed by atoms with Crippen LogP contribution in [0.4, 0.5) is 5.69 Å². The van der Waals surface area contributed by atoms with E-state index in [1.807, 2.05) is 6.92 Å². The molecule has 0 saturated carbocycles. The van der Waals surface area contributed by atoms with E-state index in [1.165, 1.54) is 5.69 Å². The molecule has 1 aromatic rings. The Morgan fingerprint density at radius 1 is 1.17 bits per heavy atom. The van der Waals surface area contributed by atoms with Gasteiger partial charge in [-0.05, 0) is 31.9 Å². The van der Waals surface area contributed by atoms with Crippen molar-refractivity contribution in [2.45, 2.75) is 25.8 Å². The van der Waals surface area contributed by atoms with E-state index in [-0.39, 0.29) is 41.5 Å². The lowest BCUT2D eigenvalue weighted by molar-refractivity contribution is 0.256. The van der Waals surface area contributed by atoms with E-state index < -0.39 is 9.84 Å². The Labute approximate surface area is 192 Å². The molecule has 1 unspecified atom stereocenters. The molecule has 9 heteroatoms. The number of sulfone groups is 1. The van der Waals surface area contributed by atoms with Crippen molar-refractivity contribution in [3.63, 3.8) is 0 Å². The van der Waals surface area contributed by atoms with Crippen LogP contribution in [0.25, 0.3) is 0 Å². The topological polar surface area (TPSA) is 77.0 Å². The molecule has 29 heavy (non-hydrogen) atoms. The third-order valence-corrected chi connectivity index (χ3v) is 7.08. The number of benzene rings is 1. The van der Waals surface area contributed by atoms with Crippen molar-refractivity contribution in [1.29, 1.82) is 0 Å². The highest BCUT2D eigenvalue weighted by Crippen LogP contribution is 2.15. The van der Waals surface area contributed by atoms with E-state index in [0.29, 0.717) is 6.42 Å². The Bertz CT molecular complexity index is 736. The Morgan fingerprint density at radius 3 is 2.52 bits per heavy atom. The molecule has 2 fully saturated rings. The molecule has 7 nitrogen and oxygen atoms in total. The minimum atomic E-state index is -2.88. The van der Waals surface area contributed by atoms with Crippen molar-refractivity contribution in [2.75, 3.05) is 62.2 Å². The number of hydrogen-bond donors (Lipinski definition) is 2. The van der Waals surface area contributed by atoms with Crippen LogP contribution in [-0.2, 0) is 9.84 Å². The van der Waals surface area contributed by atoms with Crippen LogP contribution < -0.4 is 15.5 Å². The maximum atomic E-state index is 11.6. The first-order valence-corrected chi connectivity index (χ1v) is 12.2. The maximum Gasteiger partial charge on any atom is 0.191 e. The lowest BCUT2D eigenvalue weighted by Gasteiger charge is -2.36. The minimum Gasteiger partial charge on any atom is -0.369 e. The highest BCUT2D eigenvalue weighted by atomic mass is 127. The first kappa shape index (κ1) is 24.2. The fourth-order valence-electron chi connectivity index (χ4n) is 3.78. The van der Waals surface area contributed by atoms with Crippen LogP contribution in [-0.4, -0.2) is 82.6 Å². The van der Waals surface area contributed by atoms with Gasteiger partial charge in [-0.15, -0.1) is 24.0 Å². The van der Waals surface area contributed by atoms with Gasteiger partial charge in [0.1, 0.15) is 0 Å². The summed E-state index contributed by atoms with van der Waals surface area (Å²) in [6, 6.07) is 10.6. The SMILES string of the molecule is CCNC(=NCCCN1CCN(c2ccccc2)CC1)NC1CCS(=O)(=O)C1.I. The number of piperazine rings is 1. The van der Waals surface area contributed by atoms with Gasteiger partial charge in [0.05, 0.1) is 11.5 Å². The molecule has 1 atom stereocenters. The van der Waals surface area contributed by atoms with Crippen molar-refractivity contribution in [2.24, 2.45) is 4.99 Å². The van der Waals surface area contributed by atoms with Gasteiger partial charge in [-0.3, -0.25) is 9.89 Å². The van der Waals surface area contributed by atoms with E-state index in [0.717, 1.165) is 58.2 Å². The summed E-state index contributed by atoms with van der Waals surface area (Å²) in [6.07, 6.45) is 1.67. The molecule has 2 aliphatic heterocycles. The van der Waals surface area contributed by atoms with Crippen molar-refractivity contribution in [1.82, 2.24) is 15.5 Å². The summed E-state index contributed by atoms with van der Waals surface area (Å²) in [6.45, 7) is 8.87. The third-order valence-electron chi connectivity index (χ3n) is 5.31. The molecule has 0 bridgehead atoms. The Balaban J connectivity index is 0.00000300. The number of guanidine groups is 1. The van der Waals surface area contributed by atoms with Gasteiger partial charge in [-0.25, -0.2) is 8.42 Å². The molecule has 2 N–H and O–H groups in total. The molecule has 164 valence electrons. The summed E-state index contributed by atoms with van der Waals surface area (Å²) in [7, 11) is -2.88. The van der Waals surface area contributed by atoms with Crippen LogP contribution >= 0.6 is 24.0 Å². The summed E-state index contributed by atoms with van der Waals surface area (Å²) in [5.74, 6) is 1.22. The van der Waals surface area contributed by atoms with E-state index >= 15 is 0 Å². The van der Waals surface area contributed by atoms with Gasteiger partial charge in [0.2, 0.25) is 0 Å². The fraction of sp³-hybridized carbons (Fsp3) is 0.650. The van der Waals surface area contributed by atoms with Crippen molar-refractivity contribution >= 4 is 45.5 Å². The maximum absolute atomic E-state index is 11.6. The lowest BCUT2D eigenvalue weighted by atomic mass is 10.2. The quantitative estimate of drug-likeness (QED) is 0.239. The van der Waals surface area contributed by atoms with Crippen LogP contribution in [0.2, 0.25) is 0 Å². The van der Waals surface area contributed by atoms with E-state index in [2.05, 4.69) is 55.8 Å². The van der Waals surface area contributed by atoms with Crippen LogP contribution in [0.15, 0.2) is 35.3 Å². The average molecular weight is 535 g/mol. The molecular weight excluding hydrogens is 501 g/mol. The Morgan fingerprint density at radius 2 is 1.90 bits per heavy atom. The zero-order valence-corrected chi connectivity index (χ0v) is 20.4. The van der Waals surface area contributed by atoms with Crippen LogP contribution in [0.1, 0.15) is 19.8 Å². The number of para-hydroxylation sites is 1. The van der Waals surface area contributed by atoms with E-state index in [1.54, 1.807) is 0 Å². The second-order valence-electron chi connectivity index (χ2n) is 7.52. The predicted octanol–water partition coefficient (Wildman–Crippen LogP) is 1.56. The monoisotopic (exact) mass is 535 g/mol. The third kappa shape index (κ3) is 7.93. The molecule has 2 aliphatic rings. The van der Waals surface area contributed by atoms with Crippen LogP contribution in [0, 0.1) is 0 Å². The zero-order chi connectivity index (χ0) is 19.8. The van der Waals surface area contributed by atoms with Gasteiger partial charge in [0.25, 0.3) is 0 Å². The number of aliphatic imine (C=N–C) groups is 1. The first-order valence-electron chi connectivity index (χ1n) is 10.3. The number of rotatable bonds is 7. The highest BCUT2D eigenvalue weighted by Gasteiger charge is 2.28. The number of nitrogens with zero attached hydrogens (tertiary/aromatic N) is 3. The van der Waals surface area contributed by atoms with Gasteiger partial charge < -0.3 is 15.5 Å². The van der Waals surface area contributed by atoms with Crippen molar-refractivity contribution < 1.29 is 8.42 Å². The van der Waals surface area contributed by atoms with Gasteiger partial charge >= 0.3 is 0 Å². The number of halogens is 1. The number of nitrogens with one attached hydrogen (secondary N) is 2. The van der Waals surface area contributed by atoms with Crippen LogP contribution in [0.5, 0.6) is 0 Å². The molecule has 0 amide bonds. The van der Waals surface area contributed by atoms with Crippen LogP contribution in [0.3, 0.4) is 0 Å². The standard InChI is InChI=1S/C20H33N5O2S.HI/c1-2-21-20(23-18-9-16-28(26,27)17-18)22-10-6-11-24-12-14-25(15-13-24)19-7-4-3-5-8-19;/h3-5,7-8,18H,2,6,9-17H2,1H3,(H2,21,22,23);1H. The average Bonchev–Trinajstić information content (AvgIpc) is 3.05. The zero-order valence-electron chi connectivity index (χ0n) is 17.2. The Hall–Kier alpha value is -1.07. The predicted molar refractivity (Wildman–Crippen MR) is 131 cm³/mol. The van der Waals surface area contributed by atoms with Gasteiger partial charge in [-0.2, -0.15) is 0 Å². The molecule has 0 aliphatic carbocycles. The summed E-state index contributed by atoms with van der Waals surface area (Å²) < 4.78 is 23.2. The van der Waals surface area contributed by atoms with E-state index in [4.69, 9.17) is 0 Å². The van der Waals surface area contributed by atoms with Gasteiger partial charge in [0.15, 0.2) is 15.8 Å². The van der Waals surface area contributed by atoms with E-state index in [9.17, 15) is 8.42 Å². The Kier molecular flexibility index (Phi) is 9.97. The van der Waals surface area contributed by atoms with Gasteiger partial charge in [-0.1, -0.05) is 18.2 Å². The summed E-state index contributed by atoms with van der Waals surface area (Å²) in [4.78, 5) is 9.57. The molecule has 0 radical (unpaired) electrons. The summed E-state index contributed by atoms with van der Waals surface area (Å²) in [5, 5.41) is 6.50. The summed E-state index contributed by atoms with van der Waals surface area (Å²) in [5.41, 5.74) is 1.31. The largest absolute Gasteiger partial charge is 0.369 e.